The zero-order valence-electron chi connectivity index (χ0n) is 12.5. The fourth-order valence-electron chi connectivity index (χ4n) is 2.56. The van der Waals surface area contributed by atoms with Gasteiger partial charge in [-0.1, -0.05) is 0 Å². The summed E-state index contributed by atoms with van der Waals surface area (Å²) in [5.74, 6) is 1.26. The molecule has 0 fully saturated rings. The van der Waals surface area contributed by atoms with E-state index in [1.807, 2.05) is 31.2 Å². The monoisotopic (exact) mass is 318 g/mol. The summed E-state index contributed by atoms with van der Waals surface area (Å²) in [5, 5.41) is 1.80. The van der Waals surface area contributed by atoms with E-state index < -0.39 is 0 Å². The molecule has 2 N–H and O–H groups in total. The van der Waals surface area contributed by atoms with Crippen LogP contribution < -0.4 is 20.1 Å². The fraction of sp³-hybridized carbons (Fsp3) is 0.312. The van der Waals surface area contributed by atoms with E-state index in [0.29, 0.717) is 12.1 Å². The topological polar surface area (TPSA) is 64.8 Å². The third-order valence-corrected chi connectivity index (χ3v) is 4.52. The van der Waals surface area contributed by atoms with Gasteiger partial charge in [-0.15, -0.1) is 11.3 Å². The summed E-state index contributed by atoms with van der Waals surface area (Å²) in [7, 11) is 1.65. The van der Waals surface area contributed by atoms with Gasteiger partial charge < -0.3 is 20.1 Å². The zero-order chi connectivity index (χ0) is 15.7. The lowest BCUT2D eigenvalue weighted by Crippen LogP contribution is -2.37. The number of anilines is 1. The Bertz CT molecular complexity index is 698. The number of amides is 1. The number of thiophene rings is 1. The molecule has 0 aliphatic carbocycles. The number of ether oxygens (including phenoxy) is 2. The molecule has 0 radical (unpaired) electrons. The normalized spacial score (nSPS) is 16.8. The van der Waals surface area contributed by atoms with Crippen LogP contribution in [0.2, 0.25) is 0 Å². The molecule has 0 saturated heterocycles. The maximum atomic E-state index is 11.2. The van der Waals surface area contributed by atoms with Gasteiger partial charge in [-0.2, -0.15) is 0 Å². The van der Waals surface area contributed by atoms with Gasteiger partial charge in [-0.05, 0) is 25.1 Å². The number of fused-ring (bicyclic) bond motifs is 1. The Hall–Kier alpha value is -2.21. The van der Waals surface area contributed by atoms with Crippen LogP contribution in [0, 0.1) is 0 Å². The van der Waals surface area contributed by atoms with Crippen molar-refractivity contribution in [3.8, 4) is 11.5 Å². The third-order valence-electron chi connectivity index (χ3n) is 3.60. The van der Waals surface area contributed by atoms with Crippen LogP contribution in [0.25, 0.3) is 0 Å². The minimum absolute atomic E-state index is 0.108. The van der Waals surface area contributed by atoms with Crippen LogP contribution in [-0.2, 0) is 6.54 Å². The number of rotatable bonds is 4. The number of hydrogen-bond acceptors (Lipinski definition) is 5. The van der Waals surface area contributed by atoms with Crippen LogP contribution in [0.4, 0.5) is 5.69 Å². The number of carbonyl (C=O) groups excluding carboxylic acids is 1. The van der Waals surface area contributed by atoms with Gasteiger partial charge in [-0.25, -0.2) is 0 Å². The van der Waals surface area contributed by atoms with E-state index in [2.05, 4.69) is 4.90 Å². The summed E-state index contributed by atoms with van der Waals surface area (Å²) >= 11 is 1.54. The molecule has 116 valence electrons. The Labute approximate surface area is 133 Å². The van der Waals surface area contributed by atoms with Crippen LogP contribution in [0.5, 0.6) is 11.5 Å². The molecule has 2 aromatic rings. The Morgan fingerprint density at radius 2 is 2.32 bits per heavy atom. The van der Waals surface area contributed by atoms with E-state index in [0.717, 1.165) is 28.6 Å². The SMILES string of the molecule is COc1ccc2c(c1)N(Cc1cc(C(N)=O)cs1)CC(C)O2. The average Bonchev–Trinajstić information content (AvgIpc) is 2.95. The average molecular weight is 318 g/mol. The van der Waals surface area contributed by atoms with Gasteiger partial charge in [0.05, 0.1) is 31.5 Å². The maximum absolute atomic E-state index is 11.2. The van der Waals surface area contributed by atoms with E-state index in [1.165, 1.54) is 0 Å². The summed E-state index contributed by atoms with van der Waals surface area (Å²) in [6.45, 7) is 3.54. The van der Waals surface area contributed by atoms with Crippen molar-refractivity contribution in [2.75, 3.05) is 18.6 Å². The molecule has 3 rings (SSSR count). The number of primary amides is 1. The van der Waals surface area contributed by atoms with Crippen LogP contribution in [-0.4, -0.2) is 25.7 Å². The Morgan fingerprint density at radius 1 is 1.50 bits per heavy atom. The first kappa shape index (κ1) is 14.7. The predicted molar refractivity (Wildman–Crippen MR) is 87.0 cm³/mol. The van der Waals surface area contributed by atoms with Crippen molar-refractivity contribution in [1.82, 2.24) is 0 Å². The molecular formula is C16H18N2O3S. The number of hydrogen-bond donors (Lipinski definition) is 1. The Balaban J connectivity index is 1.88. The van der Waals surface area contributed by atoms with E-state index in [-0.39, 0.29) is 12.0 Å². The molecule has 0 spiro atoms. The molecule has 1 aliphatic heterocycles. The van der Waals surface area contributed by atoms with E-state index in [4.69, 9.17) is 15.2 Å². The number of methoxy groups -OCH3 is 1. The largest absolute Gasteiger partial charge is 0.497 e. The van der Waals surface area contributed by atoms with Crippen molar-refractivity contribution in [1.29, 1.82) is 0 Å². The fourth-order valence-corrected chi connectivity index (χ4v) is 3.45. The molecule has 1 unspecified atom stereocenters. The zero-order valence-corrected chi connectivity index (χ0v) is 13.4. The standard InChI is InChI=1S/C16H18N2O3S/c1-10-7-18(8-13-5-11(9-22-13)16(17)19)14-6-12(20-2)3-4-15(14)21-10/h3-6,9-10H,7-8H2,1-2H3,(H2,17,19). The predicted octanol–water partition coefficient (Wildman–Crippen LogP) is 2.64. The van der Waals surface area contributed by atoms with Crippen LogP contribution in [0.3, 0.4) is 0 Å². The maximum Gasteiger partial charge on any atom is 0.249 e. The molecule has 1 atom stereocenters. The second-order valence-corrected chi connectivity index (χ2v) is 6.30. The molecule has 1 amide bonds. The highest BCUT2D eigenvalue weighted by Gasteiger charge is 2.24. The molecular weight excluding hydrogens is 300 g/mol. The molecule has 22 heavy (non-hydrogen) atoms. The summed E-state index contributed by atoms with van der Waals surface area (Å²) in [6, 6.07) is 7.66. The van der Waals surface area contributed by atoms with E-state index in [9.17, 15) is 4.79 Å². The Kier molecular flexibility index (Phi) is 3.94. The highest BCUT2D eigenvalue weighted by atomic mass is 32.1. The summed E-state index contributed by atoms with van der Waals surface area (Å²) in [5.41, 5.74) is 6.88. The van der Waals surface area contributed by atoms with Gasteiger partial charge in [0, 0.05) is 16.3 Å². The van der Waals surface area contributed by atoms with Crippen molar-refractivity contribution in [2.24, 2.45) is 5.73 Å². The number of carbonyl (C=O) groups is 1. The molecule has 0 bridgehead atoms. The Morgan fingerprint density at radius 3 is 3.00 bits per heavy atom. The molecule has 2 heterocycles. The number of nitrogens with zero attached hydrogens (tertiary/aromatic N) is 1. The third kappa shape index (κ3) is 2.87. The minimum atomic E-state index is -0.389. The molecule has 1 aromatic heterocycles. The summed E-state index contributed by atoms with van der Waals surface area (Å²) < 4.78 is 11.2. The first-order chi connectivity index (χ1) is 10.6. The van der Waals surface area contributed by atoms with Crippen LogP contribution >= 0.6 is 11.3 Å². The van der Waals surface area contributed by atoms with Gasteiger partial charge in [0.2, 0.25) is 5.91 Å². The quantitative estimate of drug-likeness (QED) is 0.941. The molecule has 6 heteroatoms. The van der Waals surface area contributed by atoms with Crippen molar-refractivity contribution >= 4 is 22.9 Å². The highest BCUT2D eigenvalue weighted by Crippen LogP contribution is 2.37. The van der Waals surface area contributed by atoms with Gasteiger partial charge in [0.1, 0.15) is 17.6 Å². The van der Waals surface area contributed by atoms with Gasteiger partial charge in [-0.3, -0.25) is 4.79 Å². The van der Waals surface area contributed by atoms with Crippen molar-refractivity contribution in [3.05, 3.63) is 40.1 Å². The summed E-state index contributed by atoms with van der Waals surface area (Å²) in [6.07, 6.45) is 0.108. The van der Waals surface area contributed by atoms with Crippen LogP contribution in [0.15, 0.2) is 29.6 Å². The number of nitrogens with two attached hydrogens (primary N) is 1. The number of benzene rings is 1. The first-order valence-corrected chi connectivity index (χ1v) is 7.91. The molecule has 1 aromatic carbocycles. The van der Waals surface area contributed by atoms with Gasteiger partial charge in [0.25, 0.3) is 0 Å². The lowest BCUT2D eigenvalue weighted by Gasteiger charge is -2.35. The van der Waals surface area contributed by atoms with Gasteiger partial charge >= 0.3 is 0 Å². The molecule has 0 saturated carbocycles. The lowest BCUT2D eigenvalue weighted by atomic mass is 10.2. The van der Waals surface area contributed by atoms with Gasteiger partial charge in [0.15, 0.2) is 0 Å². The second-order valence-electron chi connectivity index (χ2n) is 5.31. The van der Waals surface area contributed by atoms with E-state index >= 15 is 0 Å². The summed E-state index contributed by atoms with van der Waals surface area (Å²) in [4.78, 5) is 14.6. The lowest BCUT2D eigenvalue weighted by molar-refractivity contribution is 0.100. The van der Waals surface area contributed by atoms with Crippen LogP contribution in [0.1, 0.15) is 22.2 Å². The molecule has 5 nitrogen and oxygen atoms in total. The first-order valence-electron chi connectivity index (χ1n) is 7.03. The van der Waals surface area contributed by atoms with E-state index in [1.54, 1.807) is 23.8 Å². The highest BCUT2D eigenvalue weighted by molar-refractivity contribution is 7.10. The molecule has 1 aliphatic rings. The van der Waals surface area contributed by atoms with Crippen molar-refractivity contribution < 1.29 is 14.3 Å². The van der Waals surface area contributed by atoms with Crippen molar-refractivity contribution in [3.63, 3.8) is 0 Å². The second kappa shape index (κ2) is 5.88. The minimum Gasteiger partial charge on any atom is -0.497 e. The smallest absolute Gasteiger partial charge is 0.249 e. The van der Waals surface area contributed by atoms with Crippen molar-refractivity contribution in [2.45, 2.75) is 19.6 Å².